The van der Waals surface area contributed by atoms with Crippen molar-refractivity contribution >= 4 is 5.95 Å². The Bertz CT molecular complexity index is 182. The van der Waals surface area contributed by atoms with E-state index in [9.17, 15) is 0 Å². The predicted molar refractivity (Wildman–Crippen MR) is 45.0 cm³/mol. The number of aromatic amines is 1. The van der Waals surface area contributed by atoms with Gasteiger partial charge in [0, 0.05) is 18.9 Å². The van der Waals surface area contributed by atoms with Gasteiger partial charge in [-0.3, -0.25) is 5.01 Å². The van der Waals surface area contributed by atoms with Gasteiger partial charge in [0.2, 0.25) is 5.95 Å². The van der Waals surface area contributed by atoms with Gasteiger partial charge in [-0.2, -0.15) is 0 Å². The zero-order valence-electron chi connectivity index (χ0n) is 6.75. The van der Waals surface area contributed by atoms with E-state index in [4.69, 9.17) is 5.84 Å². The molecule has 0 spiro atoms. The van der Waals surface area contributed by atoms with Crippen LogP contribution in [0.3, 0.4) is 0 Å². The number of nitrogens with one attached hydrogen (secondary N) is 1. The van der Waals surface area contributed by atoms with E-state index in [1.54, 1.807) is 17.4 Å². The number of unbranched alkanes of at least 4 members (excludes halogenated alkanes) is 1. The van der Waals surface area contributed by atoms with Gasteiger partial charge in [0.1, 0.15) is 0 Å². The first kappa shape index (κ1) is 8.07. The third-order valence-corrected chi connectivity index (χ3v) is 1.51. The lowest BCUT2D eigenvalue weighted by atomic mass is 10.3. The van der Waals surface area contributed by atoms with Gasteiger partial charge < -0.3 is 4.98 Å². The van der Waals surface area contributed by atoms with Crippen molar-refractivity contribution < 1.29 is 0 Å². The van der Waals surface area contributed by atoms with Gasteiger partial charge in [-0.05, 0) is 6.42 Å². The maximum atomic E-state index is 5.67. The quantitative estimate of drug-likeness (QED) is 0.500. The summed E-state index contributed by atoms with van der Waals surface area (Å²) in [4.78, 5) is 6.95. The fraction of sp³-hybridized carbons (Fsp3) is 0.571. The highest BCUT2D eigenvalue weighted by molar-refractivity contribution is 5.25. The van der Waals surface area contributed by atoms with Gasteiger partial charge in [0.15, 0.2) is 0 Å². The van der Waals surface area contributed by atoms with Crippen LogP contribution in [0.15, 0.2) is 12.4 Å². The number of hydrogen-bond acceptors (Lipinski definition) is 3. The van der Waals surface area contributed by atoms with Crippen molar-refractivity contribution in [2.75, 3.05) is 11.6 Å². The third kappa shape index (κ3) is 2.23. The summed E-state index contributed by atoms with van der Waals surface area (Å²) in [5.74, 6) is 6.40. The van der Waals surface area contributed by atoms with Crippen LogP contribution >= 0.6 is 0 Å². The first-order chi connectivity index (χ1) is 5.34. The number of rotatable bonds is 4. The summed E-state index contributed by atoms with van der Waals surface area (Å²) >= 11 is 0. The van der Waals surface area contributed by atoms with E-state index in [1.165, 1.54) is 0 Å². The molecule has 0 radical (unpaired) electrons. The molecule has 0 unspecified atom stereocenters. The summed E-state index contributed by atoms with van der Waals surface area (Å²) in [6.07, 6.45) is 5.70. The van der Waals surface area contributed by atoms with Crippen molar-refractivity contribution in [3.63, 3.8) is 0 Å². The van der Waals surface area contributed by atoms with E-state index in [1.807, 2.05) is 0 Å². The van der Waals surface area contributed by atoms with Crippen LogP contribution in [0.4, 0.5) is 5.95 Å². The highest BCUT2D eigenvalue weighted by atomic mass is 15.5. The molecule has 0 fully saturated rings. The van der Waals surface area contributed by atoms with Crippen LogP contribution in [0.25, 0.3) is 0 Å². The smallest absolute Gasteiger partial charge is 0.217 e. The Morgan fingerprint density at radius 3 is 3.09 bits per heavy atom. The van der Waals surface area contributed by atoms with Crippen LogP contribution in [0.5, 0.6) is 0 Å². The SMILES string of the molecule is CCCCN(N)c1ncc[nH]1. The number of hydrogen-bond donors (Lipinski definition) is 2. The molecule has 1 rings (SSSR count). The normalized spacial score (nSPS) is 10.0. The first-order valence-corrected chi connectivity index (χ1v) is 3.86. The molecule has 4 heteroatoms. The number of imidazole rings is 1. The molecule has 0 bridgehead atoms. The highest BCUT2D eigenvalue weighted by Crippen LogP contribution is 2.01. The molecule has 1 heterocycles. The molecule has 11 heavy (non-hydrogen) atoms. The molecule has 0 saturated heterocycles. The molecule has 0 amide bonds. The third-order valence-electron chi connectivity index (χ3n) is 1.51. The van der Waals surface area contributed by atoms with Crippen LogP contribution in [0.2, 0.25) is 0 Å². The minimum Gasteiger partial charge on any atom is -0.330 e. The number of nitrogens with two attached hydrogens (primary N) is 1. The maximum Gasteiger partial charge on any atom is 0.217 e. The minimum absolute atomic E-state index is 0.735. The largest absolute Gasteiger partial charge is 0.330 e. The molecule has 0 aliphatic carbocycles. The van der Waals surface area contributed by atoms with Crippen molar-refractivity contribution in [2.24, 2.45) is 5.84 Å². The Morgan fingerprint density at radius 1 is 1.73 bits per heavy atom. The van der Waals surface area contributed by atoms with Crippen molar-refractivity contribution in [3.8, 4) is 0 Å². The van der Waals surface area contributed by atoms with E-state index >= 15 is 0 Å². The zero-order chi connectivity index (χ0) is 8.10. The van der Waals surface area contributed by atoms with E-state index in [0.29, 0.717) is 0 Å². The molecular weight excluding hydrogens is 140 g/mol. The number of aromatic nitrogens is 2. The van der Waals surface area contributed by atoms with Gasteiger partial charge in [0.05, 0.1) is 0 Å². The number of nitrogens with zero attached hydrogens (tertiary/aromatic N) is 2. The average Bonchev–Trinajstić information content (AvgIpc) is 2.52. The summed E-state index contributed by atoms with van der Waals surface area (Å²) in [5.41, 5.74) is 0. The van der Waals surface area contributed by atoms with Crippen LogP contribution in [-0.2, 0) is 0 Å². The molecule has 0 atom stereocenters. The van der Waals surface area contributed by atoms with Gasteiger partial charge in [-0.25, -0.2) is 10.8 Å². The van der Waals surface area contributed by atoms with E-state index in [0.717, 1.165) is 25.3 Å². The summed E-state index contributed by atoms with van der Waals surface area (Å²) in [6, 6.07) is 0. The van der Waals surface area contributed by atoms with Crippen molar-refractivity contribution in [1.82, 2.24) is 9.97 Å². The van der Waals surface area contributed by atoms with E-state index < -0.39 is 0 Å². The van der Waals surface area contributed by atoms with E-state index in [2.05, 4.69) is 16.9 Å². The van der Waals surface area contributed by atoms with Gasteiger partial charge >= 0.3 is 0 Å². The van der Waals surface area contributed by atoms with Crippen LogP contribution in [0.1, 0.15) is 19.8 Å². The molecular formula is C7H14N4. The summed E-state index contributed by atoms with van der Waals surface area (Å²) in [6.45, 7) is 2.99. The molecule has 3 N–H and O–H groups in total. The van der Waals surface area contributed by atoms with E-state index in [-0.39, 0.29) is 0 Å². The molecule has 1 aromatic rings. The second kappa shape index (κ2) is 3.98. The Hall–Kier alpha value is -1.03. The van der Waals surface area contributed by atoms with Crippen LogP contribution in [0, 0.1) is 0 Å². The molecule has 0 saturated carbocycles. The van der Waals surface area contributed by atoms with Gasteiger partial charge in [0.25, 0.3) is 0 Å². The molecule has 1 aromatic heterocycles. The zero-order valence-corrected chi connectivity index (χ0v) is 6.75. The molecule has 0 aromatic carbocycles. The predicted octanol–water partition coefficient (Wildman–Crippen LogP) is 0.890. The summed E-state index contributed by atoms with van der Waals surface area (Å²) < 4.78 is 0. The maximum absolute atomic E-state index is 5.67. The highest BCUT2D eigenvalue weighted by Gasteiger charge is 2.00. The lowest BCUT2D eigenvalue weighted by Crippen LogP contribution is -2.32. The topological polar surface area (TPSA) is 57.9 Å². The van der Waals surface area contributed by atoms with Crippen molar-refractivity contribution in [2.45, 2.75) is 19.8 Å². The second-order valence-corrected chi connectivity index (χ2v) is 2.46. The molecule has 0 aliphatic heterocycles. The minimum atomic E-state index is 0.735. The Labute approximate surface area is 66.4 Å². The fourth-order valence-electron chi connectivity index (χ4n) is 0.848. The lowest BCUT2D eigenvalue weighted by Gasteiger charge is -2.13. The Morgan fingerprint density at radius 2 is 2.55 bits per heavy atom. The van der Waals surface area contributed by atoms with Crippen molar-refractivity contribution in [3.05, 3.63) is 12.4 Å². The van der Waals surface area contributed by atoms with Crippen molar-refractivity contribution in [1.29, 1.82) is 0 Å². The summed E-state index contributed by atoms with van der Waals surface area (Å²) in [7, 11) is 0. The standard InChI is InChI=1S/C7H14N4/c1-2-3-6-11(8)7-9-4-5-10-7/h4-5H,2-3,6,8H2,1H3,(H,9,10). The number of anilines is 1. The summed E-state index contributed by atoms with van der Waals surface area (Å²) in [5, 5.41) is 1.63. The van der Waals surface area contributed by atoms with Gasteiger partial charge in [-0.15, -0.1) is 0 Å². The van der Waals surface area contributed by atoms with Gasteiger partial charge in [-0.1, -0.05) is 13.3 Å². The van der Waals surface area contributed by atoms with Crippen LogP contribution in [-0.4, -0.2) is 16.5 Å². The average molecular weight is 154 g/mol. The Balaban J connectivity index is 2.36. The molecule has 0 aliphatic rings. The van der Waals surface area contributed by atoms with Crippen LogP contribution < -0.4 is 10.9 Å². The monoisotopic (exact) mass is 154 g/mol. The first-order valence-electron chi connectivity index (χ1n) is 3.86. The fourth-order valence-corrected chi connectivity index (χ4v) is 0.848. The molecule has 4 nitrogen and oxygen atoms in total. The number of H-pyrrole nitrogens is 1. The second-order valence-electron chi connectivity index (χ2n) is 2.46. The Kier molecular flexibility index (Phi) is 2.92. The molecule has 62 valence electrons. The lowest BCUT2D eigenvalue weighted by molar-refractivity contribution is 0.724. The number of hydrazine groups is 1.